The third kappa shape index (κ3) is 3.47. The Morgan fingerprint density at radius 3 is 2.50 bits per heavy atom. The number of ether oxygens (including phenoxy) is 2. The zero-order valence-corrected chi connectivity index (χ0v) is 14.1. The molecule has 0 aromatic heterocycles. The van der Waals surface area contributed by atoms with Crippen LogP contribution >= 0.6 is 15.9 Å². The van der Waals surface area contributed by atoms with E-state index in [1.165, 1.54) is 18.4 Å². The summed E-state index contributed by atoms with van der Waals surface area (Å²) in [5, 5.41) is 3.44. The zero-order chi connectivity index (χ0) is 14.5. The molecule has 0 amide bonds. The van der Waals surface area contributed by atoms with Gasteiger partial charge in [0.15, 0.2) is 11.5 Å². The van der Waals surface area contributed by atoms with Crippen LogP contribution < -0.4 is 14.8 Å². The van der Waals surface area contributed by atoms with Crippen LogP contribution in [0.4, 0.5) is 0 Å². The van der Waals surface area contributed by atoms with Crippen molar-refractivity contribution < 1.29 is 9.47 Å². The molecule has 1 aliphatic heterocycles. The Balaban J connectivity index is 2.32. The summed E-state index contributed by atoms with van der Waals surface area (Å²) in [6.45, 7) is 5.97. The Bertz CT molecular complexity index is 450. The van der Waals surface area contributed by atoms with E-state index in [1.807, 2.05) is 13.1 Å². The SMILES string of the molecule is CCCC(C)C(NC)c1cc2c(cc1Br)OCCCO2. The van der Waals surface area contributed by atoms with Crippen LogP contribution in [0.15, 0.2) is 16.6 Å². The fourth-order valence-electron chi connectivity index (χ4n) is 2.81. The van der Waals surface area contributed by atoms with Crippen LogP contribution in [0.1, 0.15) is 44.7 Å². The second-order valence-electron chi connectivity index (χ2n) is 5.40. The van der Waals surface area contributed by atoms with E-state index < -0.39 is 0 Å². The quantitative estimate of drug-likeness (QED) is 0.865. The lowest BCUT2D eigenvalue weighted by Crippen LogP contribution is -2.24. The van der Waals surface area contributed by atoms with E-state index in [2.05, 4.69) is 41.2 Å². The molecule has 2 unspecified atom stereocenters. The predicted octanol–water partition coefficient (Wildman–Crippen LogP) is 4.31. The molecule has 1 aromatic rings. The standard InChI is InChI=1S/C16H24BrNO2/c1-4-6-11(2)16(18-3)12-9-14-15(10-13(12)17)20-8-5-7-19-14/h9-11,16,18H,4-8H2,1-3H3. The fraction of sp³-hybridized carbons (Fsp3) is 0.625. The summed E-state index contributed by atoms with van der Waals surface area (Å²) in [4.78, 5) is 0. The number of hydrogen-bond acceptors (Lipinski definition) is 3. The Morgan fingerprint density at radius 1 is 1.25 bits per heavy atom. The Hall–Kier alpha value is -0.740. The van der Waals surface area contributed by atoms with Gasteiger partial charge in [0.05, 0.1) is 13.2 Å². The molecule has 0 spiro atoms. The second-order valence-corrected chi connectivity index (χ2v) is 6.26. The lowest BCUT2D eigenvalue weighted by Gasteiger charge is -2.25. The molecule has 1 aliphatic rings. The van der Waals surface area contributed by atoms with E-state index in [-0.39, 0.29) is 0 Å². The number of benzene rings is 1. The van der Waals surface area contributed by atoms with Gasteiger partial charge in [-0.2, -0.15) is 0 Å². The van der Waals surface area contributed by atoms with Gasteiger partial charge in [-0.25, -0.2) is 0 Å². The smallest absolute Gasteiger partial charge is 0.162 e. The van der Waals surface area contributed by atoms with E-state index in [9.17, 15) is 0 Å². The maximum absolute atomic E-state index is 5.80. The third-order valence-corrected chi connectivity index (χ3v) is 4.51. The topological polar surface area (TPSA) is 30.5 Å². The minimum atomic E-state index is 0.321. The first-order chi connectivity index (χ1) is 9.67. The summed E-state index contributed by atoms with van der Waals surface area (Å²) in [6, 6.07) is 4.48. The summed E-state index contributed by atoms with van der Waals surface area (Å²) >= 11 is 3.69. The monoisotopic (exact) mass is 341 g/mol. The van der Waals surface area contributed by atoms with Gasteiger partial charge in [0.1, 0.15) is 0 Å². The molecule has 112 valence electrons. The molecule has 0 radical (unpaired) electrons. The molecule has 1 N–H and O–H groups in total. The summed E-state index contributed by atoms with van der Waals surface area (Å²) in [6.07, 6.45) is 3.33. The minimum Gasteiger partial charge on any atom is -0.490 e. The van der Waals surface area contributed by atoms with Gasteiger partial charge in [-0.1, -0.05) is 36.2 Å². The van der Waals surface area contributed by atoms with Crippen LogP contribution in [0.2, 0.25) is 0 Å². The molecule has 1 heterocycles. The van der Waals surface area contributed by atoms with Gasteiger partial charge >= 0.3 is 0 Å². The highest BCUT2D eigenvalue weighted by atomic mass is 79.9. The molecule has 2 atom stereocenters. The van der Waals surface area contributed by atoms with Crippen molar-refractivity contribution in [3.8, 4) is 11.5 Å². The van der Waals surface area contributed by atoms with Crippen molar-refractivity contribution in [1.82, 2.24) is 5.32 Å². The summed E-state index contributed by atoms with van der Waals surface area (Å²) in [5.41, 5.74) is 1.25. The van der Waals surface area contributed by atoms with E-state index >= 15 is 0 Å². The Morgan fingerprint density at radius 2 is 1.90 bits per heavy atom. The Kier molecular flexibility index (Phi) is 5.73. The van der Waals surface area contributed by atoms with Crippen molar-refractivity contribution in [2.75, 3.05) is 20.3 Å². The van der Waals surface area contributed by atoms with Gasteiger partial charge < -0.3 is 14.8 Å². The minimum absolute atomic E-state index is 0.321. The maximum atomic E-state index is 5.80. The molecule has 20 heavy (non-hydrogen) atoms. The zero-order valence-electron chi connectivity index (χ0n) is 12.5. The van der Waals surface area contributed by atoms with Crippen molar-refractivity contribution in [3.63, 3.8) is 0 Å². The van der Waals surface area contributed by atoms with Crippen LogP contribution in [0.5, 0.6) is 11.5 Å². The third-order valence-electron chi connectivity index (χ3n) is 3.83. The van der Waals surface area contributed by atoms with Crippen LogP contribution in [-0.2, 0) is 0 Å². The number of fused-ring (bicyclic) bond motifs is 1. The van der Waals surface area contributed by atoms with Gasteiger partial charge in [-0.05, 0) is 37.1 Å². The van der Waals surface area contributed by atoms with Crippen LogP contribution in [0, 0.1) is 5.92 Å². The van der Waals surface area contributed by atoms with Crippen molar-refractivity contribution in [2.24, 2.45) is 5.92 Å². The van der Waals surface area contributed by atoms with E-state index in [0.29, 0.717) is 12.0 Å². The first-order valence-corrected chi connectivity index (χ1v) is 8.23. The van der Waals surface area contributed by atoms with Crippen molar-refractivity contribution in [1.29, 1.82) is 0 Å². The van der Waals surface area contributed by atoms with Gasteiger partial charge in [0.2, 0.25) is 0 Å². The number of hydrogen-bond donors (Lipinski definition) is 1. The van der Waals surface area contributed by atoms with Crippen LogP contribution in [-0.4, -0.2) is 20.3 Å². The summed E-state index contributed by atoms with van der Waals surface area (Å²) < 4.78 is 12.6. The average molecular weight is 342 g/mol. The largest absolute Gasteiger partial charge is 0.490 e. The van der Waals surface area contributed by atoms with Gasteiger partial charge in [-0.3, -0.25) is 0 Å². The highest BCUT2D eigenvalue weighted by molar-refractivity contribution is 9.10. The molecule has 0 bridgehead atoms. The Labute approximate surface area is 130 Å². The molecule has 0 saturated carbocycles. The number of halogens is 1. The predicted molar refractivity (Wildman–Crippen MR) is 85.6 cm³/mol. The summed E-state index contributed by atoms with van der Waals surface area (Å²) in [5.74, 6) is 2.28. The first kappa shape index (κ1) is 15.6. The van der Waals surface area contributed by atoms with Crippen molar-refractivity contribution >= 4 is 15.9 Å². The number of rotatable bonds is 5. The average Bonchev–Trinajstić information content (AvgIpc) is 2.65. The van der Waals surface area contributed by atoms with Gasteiger partial charge in [-0.15, -0.1) is 0 Å². The molecular weight excluding hydrogens is 318 g/mol. The van der Waals surface area contributed by atoms with Gasteiger partial charge in [0, 0.05) is 16.9 Å². The first-order valence-electron chi connectivity index (χ1n) is 7.43. The molecule has 0 aliphatic carbocycles. The molecule has 0 fully saturated rings. The lowest BCUT2D eigenvalue weighted by molar-refractivity contribution is 0.296. The number of nitrogens with one attached hydrogen (secondary N) is 1. The van der Waals surface area contributed by atoms with Crippen LogP contribution in [0.25, 0.3) is 0 Å². The van der Waals surface area contributed by atoms with Crippen molar-refractivity contribution in [3.05, 3.63) is 22.2 Å². The summed E-state index contributed by atoms with van der Waals surface area (Å²) in [7, 11) is 2.02. The fourth-order valence-corrected chi connectivity index (χ4v) is 3.38. The molecule has 2 rings (SSSR count). The molecule has 1 aromatic carbocycles. The van der Waals surface area contributed by atoms with Crippen molar-refractivity contribution in [2.45, 2.75) is 39.2 Å². The molecule has 3 nitrogen and oxygen atoms in total. The van der Waals surface area contributed by atoms with Crippen LogP contribution in [0.3, 0.4) is 0 Å². The van der Waals surface area contributed by atoms with Gasteiger partial charge in [0.25, 0.3) is 0 Å². The second kappa shape index (κ2) is 7.32. The highest BCUT2D eigenvalue weighted by Gasteiger charge is 2.22. The molecule has 4 heteroatoms. The van der Waals surface area contributed by atoms with E-state index in [1.54, 1.807) is 0 Å². The van der Waals surface area contributed by atoms with E-state index in [4.69, 9.17) is 9.47 Å². The normalized spacial score (nSPS) is 17.4. The lowest BCUT2D eigenvalue weighted by atomic mass is 9.91. The van der Waals surface area contributed by atoms with E-state index in [0.717, 1.165) is 35.6 Å². The molecule has 0 saturated heterocycles. The maximum Gasteiger partial charge on any atom is 0.162 e. The highest BCUT2D eigenvalue weighted by Crippen LogP contribution is 2.39. The molecular formula is C16H24BrNO2.